The van der Waals surface area contributed by atoms with Gasteiger partial charge in [-0.1, -0.05) is 31.2 Å². The van der Waals surface area contributed by atoms with Crippen molar-refractivity contribution in [3.63, 3.8) is 0 Å². The molecule has 26 heavy (non-hydrogen) atoms. The topological polar surface area (TPSA) is 68.7 Å². The summed E-state index contributed by atoms with van der Waals surface area (Å²) in [6.45, 7) is 2.97. The minimum absolute atomic E-state index is 0.0545. The van der Waals surface area contributed by atoms with E-state index < -0.39 is 5.97 Å². The van der Waals surface area contributed by atoms with Crippen molar-refractivity contribution < 1.29 is 19.4 Å². The van der Waals surface area contributed by atoms with Crippen LogP contribution in [0.15, 0.2) is 53.9 Å². The summed E-state index contributed by atoms with van der Waals surface area (Å²) in [5.74, 6) is 0.493. The van der Waals surface area contributed by atoms with Crippen molar-refractivity contribution in [2.45, 2.75) is 13.3 Å². The lowest BCUT2D eigenvalue weighted by Gasteiger charge is -2.09. The van der Waals surface area contributed by atoms with Crippen LogP contribution in [0.25, 0.3) is 10.6 Å². The first-order valence-corrected chi connectivity index (χ1v) is 9.17. The van der Waals surface area contributed by atoms with Crippen LogP contribution in [-0.2, 0) is 6.42 Å². The number of aromatic carboxylic acids is 1. The number of hydrogen-bond donors (Lipinski definition) is 1. The molecule has 0 atom stereocenters. The minimum Gasteiger partial charge on any atom is -0.490 e. The maximum atomic E-state index is 10.9. The zero-order valence-corrected chi connectivity index (χ0v) is 15.2. The molecule has 5 nitrogen and oxygen atoms in total. The second-order valence-corrected chi connectivity index (χ2v) is 6.42. The third kappa shape index (κ3) is 4.61. The normalized spacial score (nSPS) is 10.5. The van der Waals surface area contributed by atoms with Crippen molar-refractivity contribution in [3.05, 3.63) is 65.2 Å². The van der Waals surface area contributed by atoms with Gasteiger partial charge in [-0.3, -0.25) is 0 Å². The molecule has 0 aliphatic rings. The van der Waals surface area contributed by atoms with E-state index in [9.17, 15) is 4.79 Å². The van der Waals surface area contributed by atoms with Gasteiger partial charge in [0.05, 0.1) is 0 Å². The Morgan fingerprint density at radius 3 is 2.46 bits per heavy atom. The average molecular weight is 369 g/mol. The van der Waals surface area contributed by atoms with Crippen LogP contribution < -0.4 is 9.47 Å². The molecule has 0 aliphatic carbocycles. The van der Waals surface area contributed by atoms with Gasteiger partial charge in [-0.25, -0.2) is 9.78 Å². The summed E-state index contributed by atoms with van der Waals surface area (Å²) >= 11 is 1.30. The molecule has 0 amide bonds. The summed E-state index contributed by atoms with van der Waals surface area (Å²) < 4.78 is 11.4. The second kappa shape index (κ2) is 8.49. The predicted octanol–water partition coefficient (Wildman–Crippen LogP) is 4.53. The second-order valence-electron chi connectivity index (χ2n) is 5.57. The van der Waals surface area contributed by atoms with Crippen molar-refractivity contribution in [3.8, 4) is 22.1 Å². The molecule has 2 aromatic carbocycles. The van der Waals surface area contributed by atoms with Crippen LogP contribution >= 0.6 is 11.3 Å². The van der Waals surface area contributed by atoms with Gasteiger partial charge in [0, 0.05) is 10.9 Å². The third-order valence-electron chi connectivity index (χ3n) is 3.76. The fourth-order valence-corrected chi connectivity index (χ4v) is 3.15. The van der Waals surface area contributed by atoms with Gasteiger partial charge in [0.25, 0.3) is 0 Å². The van der Waals surface area contributed by atoms with Crippen molar-refractivity contribution in [1.29, 1.82) is 0 Å². The van der Waals surface area contributed by atoms with Gasteiger partial charge in [0.1, 0.15) is 29.7 Å². The lowest BCUT2D eigenvalue weighted by molar-refractivity contribution is 0.0691. The van der Waals surface area contributed by atoms with E-state index in [1.54, 1.807) is 0 Å². The van der Waals surface area contributed by atoms with Gasteiger partial charge in [-0.15, -0.1) is 11.3 Å². The van der Waals surface area contributed by atoms with Crippen LogP contribution in [0.3, 0.4) is 0 Å². The Hall–Kier alpha value is -2.86. The zero-order chi connectivity index (χ0) is 18.4. The largest absolute Gasteiger partial charge is 0.490 e. The highest BCUT2D eigenvalue weighted by Gasteiger charge is 2.10. The monoisotopic (exact) mass is 369 g/mol. The molecule has 3 aromatic rings. The van der Waals surface area contributed by atoms with Crippen LogP contribution in [0.2, 0.25) is 0 Å². The van der Waals surface area contributed by atoms with Gasteiger partial charge in [0.2, 0.25) is 0 Å². The molecule has 0 saturated carbocycles. The number of aryl methyl sites for hydroxylation is 1. The number of carbonyl (C=O) groups is 1. The number of hydrogen-bond acceptors (Lipinski definition) is 5. The zero-order valence-electron chi connectivity index (χ0n) is 14.3. The highest BCUT2D eigenvalue weighted by molar-refractivity contribution is 7.13. The van der Waals surface area contributed by atoms with Crippen LogP contribution in [-0.4, -0.2) is 29.3 Å². The molecule has 1 aromatic heterocycles. The van der Waals surface area contributed by atoms with Crippen molar-refractivity contribution in [2.24, 2.45) is 0 Å². The van der Waals surface area contributed by atoms with Crippen molar-refractivity contribution in [1.82, 2.24) is 4.98 Å². The summed E-state index contributed by atoms with van der Waals surface area (Å²) in [4.78, 5) is 15.1. The van der Waals surface area contributed by atoms with Gasteiger partial charge in [-0.05, 0) is 36.2 Å². The third-order valence-corrected chi connectivity index (χ3v) is 4.65. The van der Waals surface area contributed by atoms with E-state index in [0.717, 1.165) is 17.7 Å². The fourth-order valence-electron chi connectivity index (χ4n) is 2.36. The molecular weight excluding hydrogens is 350 g/mol. The SMILES string of the molecule is CCc1ccc(OCCOc2cccc(-c3nc(C(=O)O)cs3)c2)cc1. The molecule has 6 heteroatoms. The van der Waals surface area contributed by atoms with Crippen LogP contribution in [0.4, 0.5) is 0 Å². The van der Waals surface area contributed by atoms with E-state index >= 15 is 0 Å². The van der Waals surface area contributed by atoms with E-state index in [2.05, 4.69) is 24.0 Å². The Balaban J connectivity index is 1.54. The molecule has 1 heterocycles. The van der Waals surface area contributed by atoms with E-state index in [1.165, 1.54) is 22.3 Å². The van der Waals surface area contributed by atoms with Crippen molar-refractivity contribution >= 4 is 17.3 Å². The quantitative estimate of drug-likeness (QED) is 0.591. The molecule has 134 valence electrons. The van der Waals surface area contributed by atoms with Crippen LogP contribution in [0, 0.1) is 0 Å². The molecule has 0 unspecified atom stereocenters. The Morgan fingerprint density at radius 2 is 1.81 bits per heavy atom. The van der Waals surface area contributed by atoms with E-state index in [4.69, 9.17) is 14.6 Å². The first kappa shape index (κ1) is 17.9. The summed E-state index contributed by atoms with van der Waals surface area (Å²) in [6.07, 6.45) is 1.01. The molecule has 0 spiro atoms. The standard InChI is InChI=1S/C20H19NO4S/c1-2-14-6-8-16(9-7-14)24-10-11-25-17-5-3-4-15(12-17)19-21-18(13-26-19)20(22)23/h3-9,12-13H,2,10-11H2,1H3,(H,22,23). The summed E-state index contributed by atoms with van der Waals surface area (Å²) in [5.41, 5.74) is 2.16. The number of benzene rings is 2. The average Bonchev–Trinajstić information content (AvgIpc) is 3.17. The number of ether oxygens (including phenoxy) is 2. The fraction of sp³-hybridized carbons (Fsp3) is 0.200. The molecule has 0 bridgehead atoms. The van der Waals surface area contributed by atoms with E-state index in [1.807, 2.05) is 36.4 Å². The lowest BCUT2D eigenvalue weighted by Crippen LogP contribution is -2.09. The first-order valence-electron chi connectivity index (χ1n) is 8.29. The van der Waals surface area contributed by atoms with Gasteiger partial charge >= 0.3 is 5.97 Å². The summed E-state index contributed by atoms with van der Waals surface area (Å²) in [7, 11) is 0. The smallest absolute Gasteiger partial charge is 0.355 e. The maximum Gasteiger partial charge on any atom is 0.355 e. The summed E-state index contributed by atoms with van der Waals surface area (Å²) in [6, 6.07) is 15.5. The van der Waals surface area contributed by atoms with Crippen LogP contribution in [0.1, 0.15) is 23.0 Å². The van der Waals surface area contributed by atoms with Crippen LogP contribution in [0.5, 0.6) is 11.5 Å². The Labute approximate surface area is 155 Å². The highest BCUT2D eigenvalue weighted by atomic mass is 32.1. The van der Waals surface area contributed by atoms with Gasteiger partial charge in [-0.2, -0.15) is 0 Å². The molecule has 1 N–H and O–H groups in total. The van der Waals surface area contributed by atoms with Crippen molar-refractivity contribution in [2.75, 3.05) is 13.2 Å². The van der Waals surface area contributed by atoms with E-state index in [0.29, 0.717) is 24.0 Å². The Morgan fingerprint density at radius 1 is 1.08 bits per heavy atom. The molecule has 0 aliphatic heterocycles. The lowest BCUT2D eigenvalue weighted by atomic mass is 10.2. The number of carboxylic acids is 1. The van der Waals surface area contributed by atoms with E-state index in [-0.39, 0.29) is 5.69 Å². The predicted molar refractivity (Wildman–Crippen MR) is 101 cm³/mol. The minimum atomic E-state index is -1.02. The molecular formula is C20H19NO4S. The number of nitrogens with zero attached hydrogens (tertiary/aromatic N) is 1. The summed E-state index contributed by atoms with van der Waals surface area (Å²) in [5, 5.41) is 11.2. The molecule has 0 fully saturated rings. The molecule has 0 radical (unpaired) electrons. The highest BCUT2D eigenvalue weighted by Crippen LogP contribution is 2.27. The first-order chi connectivity index (χ1) is 12.7. The Kier molecular flexibility index (Phi) is 5.86. The van der Waals surface area contributed by atoms with Gasteiger partial charge in [0.15, 0.2) is 5.69 Å². The van der Waals surface area contributed by atoms with Gasteiger partial charge < -0.3 is 14.6 Å². The Bertz CT molecular complexity index is 874. The number of rotatable bonds is 8. The number of aromatic nitrogens is 1. The molecule has 0 saturated heterocycles. The maximum absolute atomic E-state index is 10.9. The molecule has 3 rings (SSSR count). The number of thiazole rings is 1. The number of carboxylic acid groups (broad SMARTS) is 1.